The molecule has 0 fully saturated rings. The predicted molar refractivity (Wildman–Crippen MR) is 109 cm³/mol. The van der Waals surface area contributed by atoms with Gasteiger partial charge < -0.3 is 0 Å². The fraction of sp³-hybridized carbons (Fsp3) is 0.0417. The molecule has 0 amide bonds. The summed E-state index contributed by atoms with van der Waals surface area (Å²) in [4.78, 5) is 36.4. The summed E-state index contributed by atoms with van der Waals surface area (Å²) in [6.07, 6.45) is 2.46. The van der Waals surface area contributed by atoms with Gasteiger partial charge in [-0.05, 0) is 36.4 Å². The Hall–Kier alpha value is -3.60. The highest BCUT2D eigenvalue weighted by Crippen LogP contribution is 2.18. The first-order chi connectivity index (χ1) is 13.5. The minimum atomic E-state index is -0.340. The first-order valence-electron chi connectivity index (χ1n) is 8.41. The number of benzene rings is 2. The standard InChI is InChI=1S/C24H14O3S/c1-17(25)28-22-13-9-19(10-14-22)8-12-21-16-23(26)20(15-24(21)27)11-7-18-5-3-2-4-6-18/h2-6,9-10,13-16H,1H3. The lowest BCUT2D eigenvalue weighted by Gasteiger charge is -2.03. The average molecular weight is 382 g/mol. The van der Waals surface area contributed by atoms with Crippen LogP contribution in [0.3, 0.4) is 0 Å². The molecule has 2 aromatic rings. The Balaban J connectivity index is 1.74. The maximum atomic E-state index is 12.3. The summed E-state index contributed by atoms with van der Waals surface area (Å²) in [5, 5.41) is 0.00765. The number of allylic oxidation sites excluding steroid dienone is 4. The highest BCUT2D eigenvalue weighted by atomic mass is 32.2. The lowest BCUT2D eigenvalue weighted by atomic mass is 9.97. The normalized spacial score (nSPS) is 12.8. The topological polar surface area (TPSA) is 51.2 Å². The summed E-state index contributed by atoms with van der Waals surface area (Å²) in [5.41, 5.74) is 1.75. The summed E-state index contributed by atoms with van der Waals surface area (Å²) in [6.45, 7) is 1.50. The van der Waals surface area contributed by atoms with Gasteiger partial charge in [-0.25, -0.2) is 0 Å². The lowest BCUT2D eigenvalue weighted by molar-refractivity contribution is -0.114. The second-order valence-corrected chi connectivity index (χ2v) is 7.08. The quantitative estimate of drug-likeness (QED) is 0.428. The van der Waals surface area contributed by atoms with Crippen LogP contribution in [-0.4, -0.2) is 16.7 Å². The Morgan fingerprint density at radius 2 is 1.21 bits per heavy atom. The first kappa shape index (κ1) is 19.2. The van der Waals surface area contributed by atoms with Gasteiger partial charge in [0.1, 0.15) is 0 Å². The van der Waals surface area contributed by atoms with Gasteiger partial charge in [-0.2, -0.15) is 0 Å². The van der Waals surface area contributed by atoms with Gasteiger partial charge in [0.05, 0.1) is 11.1 Å². The molecule has 0 saturated carbocycles. The molecule has 1 aliphatic rings. The van der Waals surface area contributed by atoms with E-state index in [4.69, 9.17) is 0 Å². The van der Waals surface area contributed by atoms with Gasteiger partial charge in [-0.3, -0.25) is 14.4 Å². The van der Waals surface area contributed by atoms with Crippen LogP contribution >= 0.6 is 11.8 Å². The van der Waals surface area contributed by atoms with Crippen LogP contribution in [-0.2, 0) is 14.4 Å². The predicted octanol–water partition coefficient (Wildman–Crippen LogP) is 3.73. The van der Waals surface area contributed by atoms with Crippen molar-refractivity contribution < 1.29 is 14.4 Å². The van der Waals surface area contributed by atoms with Crippen molar-refractivity contribution in [2.24, 2.45) is 0 Å². The van der Waals surface area contributed by atoms with Gasteiger partial charge >= 0.3 is 0 Å². The molecule has 0 bridgehead atoms. The van der Waals surface area contributed by atoms with Crippen LogP contribution in [0.15, 0.2) is 82.8 Å². The third-order valence-corrected chi connectivity index (χ3v) is 4.45. The minimum absolute atomic E-state index is 0.00765. The van der Waals surface area contributed by atoms with Gasteiger partial charge in [-0.15, -0.1) is 0 Å². The molecule has 2 aromatic carbocycles. The Kier molecular flexibility index (Phi) is 6.07. The monoisotopic (exact) mass is 382 g/mol. The van der Waals surface area contributed by atoms with E-state index in [-0.39, 0.29) is 27.8 Å². The molecular formula is C24H14O3S. The van der Waals surface area contributed by atoms with E-state index in [0.29, 0.717) is 5.56 Å². The summed E-state index contributed by atoms with van der Waals surface area (Å²) in [6, 6.07) is 16.3. The number of thioether (sulfide) groups is 1. The van der Waals surface area contributed by atoms with Crippen LogP contribution < -0.4 is 0 Å². The third-order valence-electron chi connectivity index (χ3n) is 3.65. The summed E-state index contributed by atoms with van der Waals surface area (Å²) >= 11 is 1.14. The molecule has 0 spiro atoms. The Bertz CT molecular complexity index is 1130. The van der Waals surface area contributed by atoms with Crippen molar-refractivity contribution in [3.8, 4) is 23.7 Å². The molecule has 1 aliphatic carbocycles. The number of carbonyl (C=O) groups is 3. The highest BCUT2D eigenvalue weighted by Gasteiger charge is 2.17. The summed E-state index contributed by atoms with van der Waals surface area (Å²) in [5.74, 6) is 10.6. The molecule has 28 heavy (non-hydrogen) atoms. The number of ketones is 2. The molecule has 0 aliphatic heterocycles. The molecule has 0 heterocycles. The van der Waals surface area contributed by atoms with E-state index in [1.54, 1.807) is 24.3 Å². The van der Waals surface area contributed by atoms with E-state index in [1.807, 2.05) is 30.3 Å². The fourth-order valence-electron chi connectivity index (χ4n) is 2.33. The van der Waals surface area contributed by atoms with E-state index in [2.05, 4.69) is 23.7 Å². The number of hydrogen-bond donors (Lipinski definition) is 0. The first-order valence-corrected chi connectivity index (χ1v) is 9.22. The lowest BCUT2D eigenvalue weighted by Crippen LogP contribution is -2.11. The molecule has 0 atom stereocenters. The van der Waals surface area contributed by atoms with Crippen LogP contribution in [0.25, 0.3) is 0 Å². The van der Waals surface area contributed by atoms with Crippen LogP contribution in [0.1, 0.15) is 18.1 Å². The maximum absolute atomic E-state index is 12.3. The molecule has 3 nitrogen and oxygen atoms in total. The van der Waals surface area contributed by atoms with Crippen LogP contribution in [0.5, 0.6) is 0 Å². The Labute approximate surface area is 167 Å². The molecule has 4 heteroatoms. The molecule has 0 radical (unpaired) electrons. The van der Waals surface area contributed by atoms with E-state index >= 15 is 0 Å². The highest BCUT2D eigenvalue weighted by molar-refractivity contribution is 8.13. The maximum Gasteiger partial charge on any atom is 0.195 e. The van der Waals surface area contributed by atoms with Crippen LogP contribution in [0.4, 0.5) is 0 Å². The zero-order valence-corrected chi connectivity index (χ0v) is 15.8. The van der Waals surface area contributed by atoms with Crippen molar-refractivity contribution in [1.82, 2.24) is 0 Å². The smallest absolute Gasteiger partial charge is 0.195 e. The van der Waals surface area contributed by atoms with Gasteiger partial charge in [0, 0.05) is 35.1 Å². The Morgan fingerprint density at radius 3 is 1.71 bits per heavy atom. The molecule has 0 N–H and O–H groups in total. The molecule has 0 aromatic heterocycles. The van der Waals surface area contributed by atoms with Crippen LogP contribution in [0, 0.1) is 23.7 Å². The van der Waals surface area contributed by atoms with Crippen molar-refractivity contribution in [2.45, 2.75) is 11.8 Å². The zero-order chi connectivity index (χ0) is 19.9. The fourth-order valence-corrected chi connectivity index (χ4v) is 2.93. The third kappa shape index (κ3) is 5.20. The summed E-state index contributed by atoms with van der Waals surface area (Å²) in [7, 11) is 0. The van der Waals surface area contributed by atoms with Crippen molar-refractivity contribution >= 4 is 28.4 Å². The van der Waals surface area contributed by atoms with Crippen molar-refractivity contribution in [2.75, 3.05) is 0 Å². The van der Waals surface area contributed by atoms with Crippen molar-refractivity contribution in [1.29, 1.82) is 0 Å². The number of hydrogen-bond acceptors (Lipinski definition) is 4. The van der Waals surface area contributed by atoms with Gasteiger partial charge in [0.25, 0.3) is 0 Å². The van der Waals surface area contributed by atoms with E-state index in [1.165, 1.54) is 19.1 Å². The SMILES string of the molecule is CC(=O)Sc1ccc(C#CC2=CC(=O)C(C#Cc3ccccc3)=CC2=O)cc1. The number of rotatable bonds is 1. The number of carbonyl (C=O) groups excluding carboxylic acids is 3. The van der Waals surface area contributed by atoms with Gasteiger partial charge in [-0.1, -0.05) is 53.6 Å². The molecule has 3 rings (SSSR count). The molecule has 0 unspecified atom stereocenters. The van der Waals surface area contributed by atoms with Gasteiger partial charge in [0.15, 0.2) is 16.7 Å². The molecule has 0 saturated heterocycles. The summed E-state index contributed by atoms with van der Waals surface area (Å²) < 4.78 is 0. The molecule has 134 valence electrons. The second-order valence-electron chi connectivity index (χ2n) is 5.83. The minimum Gasteiger partial charge on any atom is -0.289 e. The van der Waals surface area contributed by atoms with Crippen molar-refractivity contribution in [3.05, 3.63) is 89.0 Å². The van der Waals surface area contributed by atoms with E-state index < -0.39 is 0 Å². The Morgan fingerprint density at radius 1 is 0.714 bits per heavy atom. The van der Waals surface area contributed by atoms with Crippen molar-refractivity contribution in [3.63, 3.8) is 0 Å². The van der Waals surface area contributed by atoms with E-state index in [9.17, 15) is 14.4 Å². The average Bonchev–Trinajstić information content (AvgIpc) is 2.69. The zero-order valence-electron chi connectivity index (χ0n) is 15.0. The molecular weight excluding hydrogens is 368 g/mol. The van der Waals surface area contributed by atoms with Crippen LogP contribution in [0.2, 0.25) is 0 Å². The second kappa shape index (κ2) is 8.86. The van der Waals surface area contributed by atoms with Gasteiger partial charge in [0.2, 0.25) is 0 Å². The largest absolute Gasteiger partial charge is 0.289 e. The van der Waals surface area contributed by atoms with E-state index in [0.717, 1.165) is 22.2 Å².